The van der Waals surface area contributed by atoms with Gasteiger partial charge in [0.2, 0.25) is 6.10 Å². The summed E-state index contributed by atoms with van der Waals surface area (Å²) in [6.07, 6.45) is 1.97. The Morgan fingerprint density at radius 2 is 2.04 bits per heavy atom. The van der Waals surface area contributed by atoms with Crippen LogP contribution in [-0.2, 0) is 17.6 Å². The van der Waals surface area contributed by atoms with E-state index < -0.39 is 12.0 Å². The van der Waals surface area contributed by atoms with Gasteiger partial charge in [0.25, 0.3) is 11.8 Å². The van der Waals surface area contributed by atoms with E-state index in [2.05, 4.69) is 12.2 Å². The summed E-state index contributed by atoms with van der Waals surface area (Å²) in [5.41, 5.74) is 7.03. The summed E-state index contributed by atoms with van der Waals surface area (Å²) in [4.78, 5) is 25.8. The van der Waals surface area contributed by atoms with Crippen LogP contribution in [0.1, 0.15) is 34.1 Å². The summed E-state index contributed by atoms with van der Waals surface area (Å²) < 4.78 is 11.3. The molecule has 6 nitrogen and oxygen atoms in total. The van der Waals surface area contributed by atoms with Crippen LogP contribution < -0.4 is 20.5 Å². The number of fused-ring (bicyclic) bond motifs is 2. The molecule has 0 saturated carbocycles. The molecule has 2 atom stereocenters. The van der Waals surface area contributed by atoms with E-state index in [4.69, 9.17) is 15.2 Å². The Balaban J connectivity index is 1.56. The molecule has 2 heterocycles. The van der Waals surface area contributed by atoms with Gasteiger partial charge < -0.3 is 20.5 Å². The predicted molar refractivity (Wildman–Crippen MR) is 99.0 cm³/mol. The number of hydrogen-bond acceptors (Lipinski definition) is 5. The van der Waals surface area contributed by atoms with E-state index in [0.29, 0.717) is 28.0 Å². The maximum absolute atomic E-state index is 12.7. The Hall–Kier alpha value is -2.54. The van der Waals surface area contributed by atoms with Crippen molar-refractivity contribution in [2.24, 2.45) is 11.7 Å². The highest BCUT2D eigenvalue weighted by Crippen LogP contribution is 2.39. The number of carbonyl (C=O) groups is 2. The second-order valence-electron chi connectivity index (χ2n) is 6.77. The molecule has 7 heteroatoms. The maximum Gasteiger partial charge on any atom is 0.269 e. The summed E-state index contributed by atoms with van der Waals surface area (Å²) in [7, 11) is 0. The Bertz CT molecular complexity index is 876. The topological polar surface area (TPSA) is 90.7 Å². The van der Waals surface area contributed by atoms with E-state index in [9.17, 15) is 9.59 Å². The molecular weight excluding hydrogens is 352 g/mol. The van der Waals surface area contributed by atoms with Crippen molar-refractivity contribution in [1.29, 1.82) is 0 Å². The zero-order chi connectivity index (χ0) is 18.3. The van der Waals surface area contributed by atoms with E-state index in [-0.39, 0.29) is 12.5 Å². The van der Waals surface area contributed by atoms with Gasteiger partial charge in [0.15, 0.2) is 11.5 Å². The number of nitrogens with one attached hydrogen (secondary N) is 1. The van der Waals surface area contributed by atoms with E-state index in [1.165, 1.54) is 11.3 Å². The number of para-hydroxylation sites is 2. The molecule has 0 bridgehead atoms. The van der Waals surface area contributed by atoms with Crippen LogP contribution in [0.4, 0.5) is 5.00 Å². The second-order valence-corrected chi connectivity index (χ2v) is 7.88. The van der Waals surface area contributed by atoms with Crippen molar-refractivity contribution in [2.75, 3.05) is 11.9 Å². The van der Waals surface area contributed by atoms with Gasteiger partial charge in [-0.2, -0.15) is 0 Å². The van der Waals surface area contributed by atoms with Gasteiger partial charge in [-0.25, -0.2) is 0 Å². The Morgan fingerprint density at radius 1 is 1.27 bits per heavy atom. The van der Waals surface area contributed by atoms with Crippen molar-refractivity contribution < 1.29 is 19.1 Å². The lowest BCUT2D eigenvalue weighted by Crippen LogP contribution is -2.40. The molecule has 4 rings (SSSR count). The fourth-order valence-corrected chi connectivity index (χ4v) is 4.86. The quantitative estimate of drug-likeness (QED) is 0.867. The Morgan fingerprint density at radius 3 is 2.81 bits per heavy atom. The zero-order valence-corrected chi connectivity index (χ0v) is 15.2. The highest BCUT2D eigenvalue weighted by atomic mass is 32.1. The summed E-state index contributed by atoms with van der Waals surface area (Å²) in [6, 6.07) is 7.22. The van der Waals surface area contributed by atoms with Crippen LogP contribution in [0.15, 0.2) is 24.3 Å². The average Bonchev–Trinajstić information content (AvgIpc) is 2.98. The highest BCUT2D eigenvalue weighted by Gasteiger charge is 2.31. The van der Waals surface area contributed by atoms with Gasteiger partial charge in [-0.3, -0.25) is 9.59 Å². The molecule has 0 fully saturated rings. The smallest absolute Gasteiger partial charge is 0.269 e. The van der Waals surface area contributed by atoms with Crippen molar-refractivity contribution >= 4 is 28.2 Å². The van der Waals surface area contributed by atoms with Crippen LogP contribution in [0.2, 0.25) is 0 Å². The average molecular weight is 372 g/mol. The normalized spacial score (nSPS) is 21.0. The van der Waals surface area contributed by atoms with E-state index in [1.807, 2.05) is 12.1 Å². The van der Waals surface area contributed by atoms with Crippen LogP contribution >= 0.6 is 11.3 Å². The minimum absolute atomic E-state index is 0.122. The fourth-order valence-electron chi connectivity index (χ4n) is 3.44. The molecule has 26 heavy (non-hydrogen) atoms. The molecule has 3 N–H and O–H groups in total. The molecule has 2 aromatic rings. The molecule has 0 spiro atoms. The third-order valence-electron chi connectivity index (χ3n) is 4.80. The van der Waals surface area contributed by atoms with Gasteiger partial charge in [-0.15, -0.1) is 11.3 Å². The molecule has 2 amide bonds. The van der Waals surface area contributed by atoms with Crippen molar-refractivity contribution in [1.82, 2.24) is 0 Å². The van der Waals surface area contributed by atoms with E-state index in [0.717, 1.165) is 29.7 Å². The molecule has 0 saturated heterocycles. The molecule has 1 aliphatic carbocycles. The lowest BCUT2D eigenvalue weighted by atomic mass is 9.88. The van der Waals surface area contributed by atoms with Crippen molar-refractivity contribution in [2.45, 2.75) is 32.3 Å². The van der Waals surface area contributed by atoms with Gasteiger partial charge in [0.05, 0.1) is 5.56 Å². The van der Waals surface area contributed by atoms with Gasteiger partial charge in [-0.05, 0) is 42.9 Å². The van der Waals surface area contributed by atoms with Gasteiger partial charge >= 0.3 is 0 Å². The summed E-state index contributed by atoms with van der Waals surface area (Å²) in [5.74, 6) is 0.882. The minimum atomic E-state index is -0.774. The number of nitrogens with two attached hydrogens (primary N) is 1. The number of carbonyl (C=O) groups excluding carboxylic acids is 2. The second kappa shape index (κ2) is 6.64. The third-order valence-corrected chi connectivity index (χ3v) is 5.97. The van der Waals surface area contributed by atoms with Gasteiger partial charge in [0.1, 0.15) is 11.6 Å². The lowest BCUT2D eigenvalue weighted by Gasteiger charge is -2.25. The van der Waals surface area contributed by atoms with Crippen molar-refractivity contribution in [3.8, 4) is 11.5 Å². The molecule has 0 radical (unpaired) electrons. The van der Waals surface area contributed by atoms with Crippen molar-refractivity contribution in [3.63, 3.8) is 0 Å². The first-order chi connectivity index (χ1) is 12.5. The predicted octanol–water partition coefficient (Wildman–Crippen LogP) is 2.75. The molecule has 136 valence electrons. The minimum Gasteiger partial charge on any atom is -0.485 e. The molecular formula is C19H20N2O4S. The van der Waals surface area contributed by atoms with Gasteiger partial charge in [0, 0.05) is 4.88 Å². The number of thiophene rings is 1. The molecule has 0 unspecified atom stereocenters. The molecule has 1 aromatic heterocycles. The van der Waals surface area contributed by atoms with Crippen LogP contribution in [0, 0.1) is 5.92 Å². The fraction of sp³-hybridized carbons (Fsp3) is 0.368. The zero-order valence-electron chi connectivity index (χ0n) is 14.4. The van der Waals surface area contributed by atoms with E-state index >= 15 is 0 Å². The summed E-state index contributed by atoms with van der Waals surface area (Å²) in [5, 5.41) is 3.36. The Labute approximate surface area is 155 Å². The first-order valence-electron chi connectivity index (χ1n) is 8.66. The first-order valence-corrected chi connectivity index (χ1v) is 9.48. The number of hydrogen-bond donors (Lipinski definition) is 2. The largest absolute Gasteiger partial charge is 0.485 e. The third kappa shape index (κ3) is 3.03. The Kier molecular flexibility index (Phi) is 4.32. The molecule has 1 aliphatic heterocycles. The molecule has 1 aromatic carbocycles. The van der Waals surface area contributed by atoms with Crippen LogP contribution in [-0.4, -0.2) is 24.5 Å². The number of rotatable bonds is 3. The summed E-state index contributed by atoms with van der Waals surface area (Å²) in [6.45, 7) is 2.31. The highest BCUT2D eigenvalue weighted by molar-refractivity contribution is 7.17. The summed E-state index contributed by atoms with van der Waals surface area (Å²) >= 11 is 1.44. The number of ether oxygens (including phenoxy) is 2. The number of benzene rings is 1. The number of amides is 2. The standard InChI is InChI=1S/C19H20N2O4S/c1-10-6-7-11-15(8-10)26-19(16(11)17(20)22)21-18(23)14-9-24-12-4-2-3-5-13(12)25-14/h2-5,10,14H,6-9H2,1H3,(H2,20,22)(H,21,23)/t10-,14+/m1/s1. The van der Waals surface area contributed by atoms with Crippen molar-refractivity contribution in [3.05, 3.63) is 40.3 Å². The maximum atomic E-state index is 12.7. The van der Waals surface area contributed by atoms with Crippen LogP contribution in [0.25, 0.3) is 0 Å². The van der Waals surface area contributed by atoms with Crippen LogP contribution in [0.3, 0.4) is 0 Å². The SMILES string of the molecule is C[C@@H]1CCc2c(sc(NC(=O)[C@@H]3COc4ccccc4O3)c2C(N)=O)C1. The van der Waals surface area contributed by atoms with Gasteiger partial charge in [-0.1, -0.05) is 19.1 Å². The van der Waals surface area contributed by atoms with E-state index in [1.54, 1.807) is 12.1 Å². The van der Waals surface area contributed by atoms with Crippen LogP contribution in [0.5, 0.6) is 11.5 Å². The lowest BCUT2D eigenvalue weighted by molar-refractivity contribution is -0.125. The number of anilines is 1. The first kappa shape index (κ1) is 16.9. The number of primary amides is 1. The molecule has 2 aliphatic rings. The monoisotopic (exact) mass is 372 g/mol.